The summed E-state index contributed by atoms with van der Waals surface area (Å²) in [6, 6.07) is -1.89. The molecule has 0 aromatic heterocycles. The zero-order valence-electron chi connectivity index (χ0n) is 12.9. The third-order valence-electron chi connectivity index (χ3n) is 2.01. The largest absolute Gasteiger partial charge is 0.480 e. The monoisotopic (exact) mass is 352 g/mol. The van der Waals surface area contributed by atoms with Crippen molar-refractivity contribution in [2.75, 3.05) is 13.2 Å². The van der Waals surface area contributed by atoms with Crippen LogP contribution in [0.2, 0.25) is 0 Å². The Hall–Kier alpha value is -3.00. The number of nitrogens with zero attached hydrogens (tertiary/aromatic N) is 2. The standard InChI is InChI=1S/2C5H12N4O3/c2*6-3(4(10)11)1-2-12-9-5(7)8/h2*3H,1-2,6H2,(H,10,11)(H4,7,8,9)/t3-;/m0./s1. The van der Waals surface area contributed by atoms with Crippen molar-refractivity contribution in [2.24, 2.45) is 44.7 Å². The summed E-state index contributed by atoms with van der Waals surface area (Å²) < 4.78 is 0. The number of carboxylic acid groups (broad SMARTS) is 2. The molecule has 0 aliphatic heterocycles. The Morgan fingerprint density at radius 2 is 1.08 bits per heavy atom. The van der Waals surface area contributed by atoms with Crippen molar-refractivity contribution in [2.45, 2.75) is 24.9 Å². The number of guanidine groups is 2. The fourth-order valence-corrected chi connectivity index (χ4v) is 0.847. The third-order valence-corrected chi connectivity index (χ3v) is 2.01. The van der Waals surface area contributed by atoms with E-state index >= 15 is 0 Å². The lowest BCUT2D eigenvalue weighted by Gasteiger charge is -2.03. The number of rotatable bonds is 10. The molecule has 0 amide bonds. The van der Waals surface area contributed by atoms with Gasteiger partial charge in [0.1, 0.15) is 25.3 Å². The molecule has 0 spiro atoms. The minimum absolute atomic E-state index is 0.0748. The lowest BCUT2D eigenvalue weighted by atomic mass is 10.2. The van der Waals surface area contributed by atoms with Crippen LogP contribution in [0.4, 0.5) is 0 Å². The summed E-state index contributed by atoms with van der Waals surface area (Å²) in [4.78, 5) is 29.3. The summed E-state index contributed by atoms with van der Waals surface area (Å²) in [5.74, 6) is -2.58. The van der Waals surface area contributed by atoms with Gasteiger partial charge in [0.15, 0.2) is 0 Å². The number of hydrogen-bond acceptors (Lipinski definition) is 8. The van der Waals surface area contributed by atoms with Crippen LogP contribution in [0.1, 0.15) is 12.8 Å². The Labute approximate surface area is 137 Å². The Bertz CT molecular complexity index is 395. The van der Waals surface area contributed by atoms with Gasteiger partial charge in [-0.2, -0.15) is 0 Å². The number of hydrogen-bond donors (Lipinski definition) is 8. The summed E-state index contributed by atoms with van der Waals surface area (Å²) in [6.07, 6.45) is 0.318. The van der Waals surface area contributed by atoms with E-state index in [1.165, 1.54) is 0 Å². The molecule has 14 heteroatoms. The topological polar surface area (TPSA) is 274 Å². The van der Waals surface area contributed by atoms with Crippen LogP contribution in [0.5, 0.6) is 0 Å². The second-order valence-electron chi connectivity index (χ2n) is 4.17. The number of nitrogens with two attached hydrogens (primary N) is 6. The first kappa shape index (κ1) is 23.3. The maximum atomic E-state index is 10.2. The van der Waals surface area contributed by atoms with E-state index < -0.39 is 24.0 Å². The molecule has 14 nitrogen and oxygen atoms in total. The van der Waals surface area contributed by atoms with E-state index in [2.05, 4.69) is 20.0 Å². The molecule has 0 heterocycles. The SMILES string of the molecule is NC(N)=NOCCC(N)C(=O)O.NC(N)=NOCC[C@H](N)C(=O)O. The molecule has 0 rings (SSSR count). The summed E-state index contributed by atoms with van der Waals surface area (Å²) in [5.41, 5.74) is 30.0. The highest BCUT2D eigenvalue weighted by molar-refractivity contribution is 5.75. The van der Waals surface area contributed by atoms with Crippen molar-refractivity contribution >= 4 is 23.9 Å². The number of aliphatic carboxylic acids is 2. The van der Waals surface area contributed by atoms with Crippen molar-refractivity contribution in [3.63, 3.8) is 0 Å². The molecule has 0 aliphatic carbocycles. The van der Waals surface area contributed by atoms with Gasteiger partial charge >= 0.3 is 11.9 Å². The molecule has 0 saturated carbocycles. The highest BCUT2D eigenvalue weighted by Crippen LogP contribution is 1.90. The van der Waals surface area contributed by atoms with Crippen LogP contribution in [-0.4, -0.2) is 59.4 Å². The van der Waals surface area contributed by atoms with Crippen LogP contribution in [0.15, 0.2) is 10.3 Å². The second-order valence-corrected chi connectivity index (χ2v) is 4.17. The predicted octanol–water partition coefficient (Wildman–Crippen LogP) is -4.01. The molecule has 24 heavy (non-hydrogen) atoms. The highest BCUT2D eigenvalue weighted by atomic mass is 16.6. The lowest BCUT2D eigenvalue weighted by Crippen LogP contribution is -2.31. The molecule has 0 aromatic carbocycles. The smallest absolute Gasteiger partial charge is 0.320 e. The number of carbonyl (C=O) groups is 2. The third kappa shape index (κ3) is 17.1. The second kappa shape index (κ2) is 13.6. The average molecular weight is 352 g/mol. The molecular weight excluding hydrogens is 328 g/mol. The van der Waals surface area contributed by atoms with Gasteiger partial charge < -0.3 is 54.3 Å². The molecule has 2 atom stereocenters. The van der Waals surface area contributed by atoms with Gasteiger partial charge in [-0.05, 0) is 10.3 Å². The summed E-state index contributed by atoms with van der Waals surface area (Å²) in [6.45, 7) is 0.150. The van der Waals surface area contributed by atoms with Crippen LogP contribution in [0.25, 0.3) is 0 Å². The molecule has 0 saturated heterocycles. The number of oxime groups is 2. The van der Waals surface area contributed by atoms with Crippen LogP contribution in [0.3, 0.4) is 0 Å². The molecule has 0 radical (unpaired) electrons. The first-order chi connectivity index (χ1) is 11.1. The van der Waals surface area contributed by atoms with Gasteiger partial charge in [-0.3, -0.25) is 9.59 Å². The molecular formula is C10H24N8O6. The maximum Gasteiger partial charge on any atom is 0.320 e. The van der Waals surface area contributed by atoms with E-state index in [4.69, 9.17) is 44.6 Å². The predicted molar refractivity (Wildman–Crippen MR) is 84.0 cm³/mol. The molecule has 0 bridgehead atoms. The van der Waals surface area contributed by atoms with Crippen molar-refractivity contribution in [3.05, 3.63) is 0 Å². The van der Waals surface area contributed by atoms with E-state index in [9.17, 15) is 9.59 Å². The van der Waals surface area contributed by atoms with Crippen molar-refractivity contribution < 1.29 is 29.5 Å². The molecule has 0 aromatic rings. The van der Waals surface area contributed by atoms with Gasteiger partial charge in [0.05, 0.1) is 0 Å². The van der Waals surface area contributed by atoms with Crippen LogP contribution in [-0.2, 0) is 19.3 Å². The highest BCUT2D eigenvalue weighted by Gasteiger charge is 2.11. The lowest BCUT2D eigenvalue weighted by molar-refractivity contribution is -0.139. The van der Waals surface area contributed by atoms with Crippen LogP contribution in [0, 0.1) is 0 Å². The molecule has 1 unspecified atom stereocenters. The molecule has 140 valence electrons. The maximum absolute atomic E-state index is 10.2. The molecule has 0 aliphatic rings. The Morgan fingerprint density at radius 1 is 0.792 bits per heavy atom. The van der Waals surface area contributed by atoms with Crippen LogP contribution < -0.4 is 34.4 Å². The van der Waals surface area contributed by atoms with Gasteiger partial charge in [0.25, 0.3) is 0 Å². The Morgan fingerprint density at radius 3 is 1.29 bits per heavy atom. The minimum Gasteiger partial charge on any atom is -0.480 e. The Balaban J connectivity index is 0. The van der Waals surface area contributed by atoms with Crippen molar-refractivity contribution in [1.29, 1.82) is 0 Å². The summed E-state index contributed by atoms with van der Waals surface area (Å²) in [7, 11) is 0. The van der Waals surface area contributed by atoms with E-state index in [-0.39, 0.29) is 38.0 Å². The fourth-order valence-electron chi connectivity index (χ4n) is 0.847. The molecule has 14 N–H and O–H groups in total. The van der Waals surface area contributed by atoms with Gasteiger partial charge in [-0.15, -0.1) is 0 Å². The van der Waals surface area contributed by atoms with E-state index in [0.29, 0.717) is 0 Å². The Kier molecular flexibility index (Phi) is 13.2. The van der Waals surface area contributed by atoms with Gasteiger partial charge in [-0.25, -0.2) is 0 Å². The fraction of sp³-hybridized carbons (Fsp3) is 0.600. The number of carboxylic acids is 2. The summed E-state index contributed by atoms with van der Waals surface area (Å²) in [5, 5.41) is 23.0. The van der Waals surface area contributed by atoms with Crippen molar-refractivity contribution in [3.8, 4) is 0 Å². The molecule has 0 fully saturated rings. The van der Waals surface area contributed by atoms with Gasteiger partial charge in [0, 0.05) is 12.8 Å². The average Bonchev–Trinajstić information content (AvgIpc) is 2.47. The van der Waals surface area contributed by atoms with Gasteiger partial charge in [0.2, 0.25) is 11.9 Å². The van der Waals surface area contributed by atoms with Crippen molar-refractivity contribution in [1.82, 2.24) is 0 Å². The quantitative estimate of drug-likeness (QED) is 0.0807. The van der Waals surface area contributed by atoms with E-state index in [0.717, 1.165) is 0 Å². The zero-order chi connectivity index (χ0) is 19.1. The summed E-state index contributed by atoms with van der Waals surface area (Å²) >= 11 is 0. The normalized spacial score (nSPS) is 11.8. The van der Waals surface area contributed by atoms with E-state index in [1.807, 2.05) is 0 Å². The first-order valence-corrected chi connectivity index (χ1v) is 6.46. The zero-order valence-corrected chi connectivity index (χ0v) is 12.9. The van der Waals surface area contributed by atoms with Gasteiger partial charge in [-0.1, -0.05) is 0 Å². The minimum atomic E-state index is -1.08. The first-order valence-electron chi connectivity index (χ1n) is 6.46. The van der Waals surface area contributed by atoms with Crippen LogP contribution >= 0.6 is 0 Å². The van der Waals surface area contributed by atoms with E-state index in [1.54, 1.807) is 0 Å².